The average molecular weight is 293 g/mol. The van der Waals surface area contributed by atoms with E-state index >= 15 is 0 Å². The van der Waals surface area contributed by atoms with Gasteiger partial charge in [0.05, 0.1) is 0 Å². The van der Waals surface area contributed by atoms with E-state index in [1.54, 1.807) is 7.11 Å². The maximum absolute atomic E-state index is 5.16. The van der Waals surface area contributed by atoms with Gasteiger partial charge in [-0.15, -0.1) is 0 Å². The summed E-state index contributed by atoms with van der Waals surface area (Å²) in [5, 5.41) is 6.86. The molecule has 1 aliphatic rings. The van der Waals surface area contributed by atoms with Crippen LogP contribution in [0.5, 0.6) is 0 Å². The van der Waals surface area contributed by atoms with Crippen LogP contribution in [0.4, 0.5) is 11.6 Å². The van der Waals surface area contributed by atoms with Crippen LogP contribution in [0.1, 0.15) is 32.0 Å². The number of anilines is 2. The number of likely N-dealkylation sites (N-methyl/N-ethyl adjacent to an activating group) is 1. The second-order valence-corrected chi connectivity index (χ2v) is 5.66. The number of nitrogens with one attached hydrogen (secondary N) is 2. The van der Waals surface area contributed by atoms with Gasteiger partial charge in [-0.3, -0.25) is 0 Å². The summed E-state index contributed by atoms with van der Waals surface area (Å²) in [6, 6.07) is 2.44. The van der Waals surface area contributed by atoms with Crippen molar-refractivity contribution >= 4 is 11.6 Å². The van der Waals surface area contributed by atoms with Gasteiger partial charge in [-0.2, -0.15) is 0 Å². The van der Waals surface area contributed by atoms with Crippen LogP contribution in [0.25, 0.3) is 0 Å². The molecule has 2 N–H and O–H groups in total. The van der Waals surface area contributed by atoms with Crippen LogP contribution in [0, 0.1) is 0 Å². The fourth-order valence-corrected chi connectivity index (χ4v) is 2.60. The first-order chi connectivity index (χ1) is 10.2. The molecule has 1 aromatic rings. The van der Waals surface area contributed by atoms with Crippen LogP contribution < -0.4 is 10.6 Å². The zero-order chi connectivity index (χ0) is 15.1. The van der Waals surface area contributed by atoms with Gasteiger partial charge in [0.25, 0.3) is 0 Å². The third kappa shape index (κ3) is 5.13. The first-order valence-corrected chi connectivity index (χ1v) is 7.77. The Morgan fingerprint density at radius 3 is 2.90 bits per heavy atom. The van der Waals surface area contributed by atoms with Gasteiger partial charge in [0, 0.05) is 32.3 Å². The van der Waals surface area contributed by atoms with Gasteiger partial charge in [0.1, 0.15) is 18.2 Å². The van der Waals surface area contributed by atoms with Crippen molar-refractivity contribution in [2.45, 2.75) is 38.8 Å². The fourth-order valence-electron chi connectivity index (χ4n) is 2.60. The van der Waals surface area contributed by atoms with E-state index in [0.717, 1.165) is 31.1 Å². The number of likely N-dealkylation sites (tertiary alicyclic amines) is 1. The van der Waals surface area contributed by atoms with Crippen LogP contribution in [-0.2, 0) is 11.3 Å². The zero-order valence-corrected chi connectivity index (χ0v) is 13.4. The number of aromatic nitrogens is 2. The second-order valence-electron chi connectivity index (χ2n) is 5.66. The Hall–Kier alpha value is -1.40. The summed E-state index contributed by atoms with van der Waals surface area (Å²) < 4.78 is 5.16. The van der Waals surface area contributed by atoms with Crippen molar-refractivity contribution in [3.05, 3.63) is 11.9 Å². The van der Waals surface area contributed by atoms with Crippen molar-refractivity contribution in [3.63, 3.8) is 0 Å². The monoisotopic (exact) mass is 293 g/mol. The predicted octanol–water partition coefficient (Wildman–Crippen LogP) is 1.95. The van der Waals surface area contributed by atoms with E-state index in [1.807, 2.05) is 6.07 Å². The van der Waals surface area contributed by atoms with Crippen molar-refractivity contribution in [2.24, 2.45) is 0 Å². The summed E-state index contributed by atoms with van der Waals surface area (Å²) in [7, 11) is 3.83. The van der Waals surface area contributed by atoms with Crippen molar-refractivity contribution < 1.29 is 4.74 Å². The molecule has 2 heterocycles. The number of piperidine rings is 1. The minimum Gasteiger partial charge on any atom is -0.377 e. The normalized spacial score (nSPS) is 19.5. The molecule has 0 aromatic carbocycles. The van der Waals surface area contributed by atoms with E-state index in [2.05, 4.69) is 39.5 Å². The number of ether oxygens (including phenoxy) is 1. The Bertz CT molecular complexity index is 440. The van der Waals surface area contributed by atoms with E-state index in [-0.39, 0.29) is 0 Å². The molecule has 0 radical (unpaired) electrons. The lowest BCUT2D eigenvalue weighted by Crippen LogP contribution is -2.40. The lowest BCUT2D eigenvalue weighted by molar-refractivity contribution is 0.178. The highest BCUT2D eigenvalue weighted by molar-refractivity contribution is 5.48. The fraction of sp³-hybridized carbons (Fsp3) is 0.733. The molecule has 1 fully saturated rings. The Kier molecular flexibility index (Phi) is 6.20. The third-order valence-corrected chi connectivity index (χ3v) is 3.58. The first-order valence-electron chi connectivity index (χ1n) is 7.77. The quantitative estimate of drug-likeness (QED) is 0.801. The lowest BCUT2D eigenvalue weighted by atomic mass is 10.1. The van der Waals surface area contributed by atoms with Crippen molar-refractivity contribution in [3.8, 4) is 0 Å². The summed E-state index contributed by atoms with van der Waals surface area (Å²) in [4.78, 5) is 11.4. The van der Waals surface area contributed by atoms with Crippen LogP contribution in [0.3, 0.4) is 0 Å². The van der Waals surface area contributed by atoms with Gasteiger partial charge < -0.3 is 20.3 Å². The van der Waals surface area contributed by atoms with E-state index in [4.69, 9.17) is 4.74 Å². The van der Waals surface area contributed by atoms with E-state index in [9.17, 15) is 0 Å². The van der Waals surface area contributed by atoms with E-state index in [0.29, 0.717) is 18.5 Å². The molecule has 1 unspecified atom stereocenters. The van der Waals surface area contributed by atoms with Gasteiger partial charge in [0.2, 0.25) is 0 Å². The largest absolute Gasteiger partial charge is 0.377 e. The summed E-state index contributed by atoms with van der Waals surface area (Å²) in [5.74, 6) is 2.46. The third-order valence-electron chi connectivity index (χ3n) is 3.58. The summed E-state index contributed by atoms with van der Waals surface area (Å²) in [5.41, 5.74) is 0. The van der Waals surface area contributed by atoms with Crippen molar-refractivity contribution in [2.75, 3.05) is 44.4 Å². The molecule has 1 aliphatic heterocycles. The molecule has 1 saturated heterocycles. The summed E-state index contributed by atoms with van der Waals surface area (Å²) >= 11 is 0. The molecule has 0 amide bonds. The number of hydrogen-bond acceptors (Lipinski definition) is 6. The summed E-state index contributed by atoms with van der Waals surface area (Å²) in [6.45, 7) is 5.72. The second kappa shape index (κ2) is 8.14. The number of nitrogens with zero attached hydrogens (tertiary/aromatic N) is 3. The minimum atomic E-state index is 0.431. The predicted molar refractivity (Wildman–Crippen MR) is 85.7 cm³/mol. The maximum Gasteiger partial charge on any atom is 0.158 e. The van der Waals surface area contributed by atoms with Crippen molar-refractivity contribution in [1.29, 1.82) is 0 Å². The molecule has 0 spiro atoms. The molecule has 6 heteroatoms. The topological polar surface area (TPSA) is 62.3 Å². The van der Waals surface area contributed by atoms with Gasteiger partial charge >= 0.3 is 0 Å². The van der Waals surface area contributed by atoms with Gasteiger partial charge in [-0.25, -0.2) is 9.97 Å². The van der Waals surface area contributed by atoms with Gasteiger partial charge in [-0.05, 0) is 32.9 Å². The summed E-state index contributed by atoms with van der Waals surface area (Å²) in [6.07, 6.45) is 3.48. The standard InChI is InChI=1S/C15H27N5O/c1-4-7-16-13-9-14(19-15(18-13)11-21-3)17-12-6-5-8-20(2)10-12/h9,12H,4-8,10-11H2,1-3H3,(H2,16,17,18,19). The SMILES string of the molecule is CCCNc1cc(NC2CCCN(C)C2)nc(COC)n1. The number of hydrogen-bond donors (Lipinski definition) is 2. The Balaban J connectivity index is 2.06. The average Bonchev–Trinajstić information content (AvgIpc) is 2.45. The molecule has 0 saturated carbocycles. The molecular weight excluding hydrogens is 266 g/mol. The minimum absolute atomic E-state index is 0.431. The molecule has 0 aliphatic carbocycles. The van der Waals surface area contributed by atoms with E-state index < -0.39 is 0 Å². The van der Waals surface area contributed by atoms with Crippen LogP contribution in [-0.4, -0.2) is 54.7 Å². The first kappa shape index (κ1) is 16.0. The molecular formula is C15H27N5O. The van der Waals surface area contributed by atoms with E-state index in [1.165, 1.54) is 19.4 Å². The molecule has 6 nitrogen and oxygen atoms in total. The maximum atomic E-state index is 5.16. The Morgan fingerprint density at radius 1 is 1.38 bits per heavy atom. The molecule has 21 heavy (non-hydrogen) atoms. The number of methoxy groups -OCH3 is 1. The molecule has 1 aromatic heterocycles. The smallest absolute Gasteiger partial charge is 0.158 e. The van der Waals surface area contributed by atoms with Crippen LogP contribution >= 0.6 is 0 Å². The highest BCUT2D eigenvalue weighted by atomic mass is 16.5. The Labute approximate surface area is 127 Å². The van der Waals surface area contributed by atoms with Crippen LogP contribution in [0.15, 0.2) is 6.07 Å². The molecule has 2 rings (SSSR count). The van der Waals surface area contributed by atoms with Crippen molar-refractivity contribution in [1.82, 2.24) is 14.9 Å². The van der Waals surface area contributed by atoms with Gasteiger partial charge in [-0.1, -0.05) is 6.92 Å². The Morgan fingerprint density at radius 2 is 2.19 bits per heavy atom. The molecule has 1 atom stereocenters. The van der Waals surface area contributed by atoms with Gasteiger partial charge in [0.15, 0.2) is 5.82 Å². The molecule has 0 bridgehead atoms. The highest BCUT2D eigenvalue weighted by Gasteiger charge is 2.17. The lowest BCUT2D eigenvalue weighted by Gasteiger charge is -2.30. The molecule has 118 valence electrons. The highest BCUT2D eigenvalue weighted by Crippen LogP contribution is 2.17. The number of rotatable bonds is 7. The zero-order valence-electron chi connectivity index (χ0n) is 13.4. The van der Waals surface area contributed by atoms with Crippen LogP contribution in [0.2, 0.25) is 0 Å².